The van der Waals surface area contributed by atoms with E-state index in [-0.39, 0.29) is 11.6 Å². The Morgan fingerprint density at radius 3 is 1.76 bits per heavy atom. The molecule has 0 aliphatic carbocycles. The van der Waals surface area contributed by atoms with E-state index >= 15 is 0 Å². The predicted octanol–water partition coefficient (Wildman–Crippen LogP) is 4.63. The Hall–Kier alpha value is -1.99. The molecule has 116 valence electrons. The number of benzene rings is 1. The molecule has 0 fully saturated rings. The molecule has 8 heteroatoms. The third-order valence-electron chi connectivity index (χ3n) is 2.64. The molecule has 1 amide bonds. The van der Waals surface area contributed by atoms with Crippen molar-refractivity contribution in [2.24, 2.45) is 0 Å². The van der Waals surface area contributed by atoms with Gasteiger partial charge in [0.25, 0.3) is 5.91 Å². The fraction of sp³-hybridized carbons (Fsp3) is 0.308. The van der Waals surface area contributed by atoms with Crippen molar-refractivity contribution in [2.45, 2.75) is 26.2 Å². The minimum absolute atomic E-state index is 0.00181. The van der Waals surface area contributed by atoms with E-state index < -0.39 is 35.1 Å². The van der Waals surface area contributed by atoms with Gasteiger partial charge in [0.2, 0.25) is 0 Å². The Morgan fingerprint density at radius 2 is 1.43 bits per heavy atom. The highest BCUT2D eigenvalue weighted by Gasteiger charge is 2.37. The minimum Gasteiger partial charge on any atom is -0.322 e. The lowest BCUT2D eigenvalue weighted by Gasteiger charge is -2.14. The summed E-state index contributed by atoms with van der Waals surface area (Å²) in [5.41, 5.74) is -3.36. The Balaban J connectivity index is 3.30. The number of halogens is 6. The van der Waals surface area contributed by atoms with Crippen molar-refractivity contribution in [3.63, 3.8) is 0 Å². The highest BCUT2D eigenvalue weighted by molar-refractivity contribution is 6.03. The van der Waals surface area contributed by atoms with Gasteiger partial charge in [0, 0.05) is 11.3 Å². The lowest BCUT2D eigenvalue weighted by molar-refractivity contribution is -0.143. The largest absolute Gasteiger partial charge is 0.416 e. The van der Waals surface area contributed by atoms with Gasteiger partial charge in [-0.25, -0.2) is 0 Å². The first-order chi connectivity index (χ1) is 9.45. The summed E-state index contributed by atoms with van der Waals surface area (Å²) in [5.74, 6) is -0.773. The second kappa shape index (κ2) is 5.79. The van der Waals surface area contributed by atoms with E-state index in [1.807, 2.05) is 5.32 Å². The zero-order valence-electron chi connectivity index (χ0n) is 11.0. The number of hydrogen-bond acceptors (Lipinski definition) is 1. The third-order valence-corrected chi connectivity index (χ3v) is 2.64. The highest BCUT2D eigenvalue weighted by Crippen LogP contribution is 2.37. The second-order valence-corrected chi connectivity index (χ2v) is 4.22. The molecule has 0 aliphatic rings. The third kappa shape index (κ3) is 4.51. The first kappa shape index (κ1) is 17.1. The van der Waals surface area contributed by atoms with Crippen LogP contribution in [0.15, 0.2) is 29.8 Å². The molecule has 0 unspecified atom stereocenters. The number of amides is 1. The van der Waals surface area contributed by atoms with Gasteiger partial charge in [0.05, 0.1) is 11.1 Å². The van der Waals surface area contributed by atoms with Crippen LogP contribution < -0.4 is 5.32 Å². The number of carbonyl (C=O) groups excluding carboxylic acids is 1. The van der Waals surface area contributed by atoms with Crippen LogP contribution in [0.1, 0.15) is 25.0 Å². The first-order valence-corrected chi connectivity index (χ1v) is 5.69. The molecule has 0 aromatic heterocycles. The van der Waals surface area contributed by atoms with Crippen molar-refractivity contribution in [2.75, 3.05) is 5.32 Å². The van der Waals surface area contributed by atoms with Gasteiger partial charge in [-0.1, -0.05) is 6.08 Å². The maximum atomic E-state index is 12.6. The fourth-order valence-electron chi connectivity index (χ4n) is 1.39. The molecular formula is C13H11F6NO. The lowest BCUT2D eigenvalue weighted by Crippen LogP contribution is -2.16. The highest BCUT2D eigenvalue weighted by atomic mass is 19.4. The van der Waals surface area contributed by atoms with Crippen LogP contribution in [-0.4, -0.2) is 5.91 Å². The van der Waals surface area contributed by atoms with E-state index in [9.17, 15) is 31.1 Å². The number of hydrogen-bond donors (Lipinski definition) is 1. The lowest BCUT2D eigenvalue weighted by atomic mass is 10.1. The molecule has 21 heavy (non-hydrogen) atoms. The normalized spacial score (nSPS) is 13.2. The Labute approximate surface area is 116 Å². The monoisotopic (exact) mass is 311 g/mol. The van der Waals surface area contributed by atoms with Gasteiger partial charge in [0.15, 0.2) is 0 Å². The smallest absolute Gasteiger partial charge is 0.322 e. The van der Waals surface area contributed by atoms with Crippen molar-refractivity contribution in [3.05, 3.63) is 41.0 Å². The molecule has 0 aliphatic heterocycles. The summed E-state index contributed by atoms with van der Waals surface area (Å²) in [6.07, 6.45) is -8.51. The standard InChI is InChI=1S/C13H11F6NO/c1-3-7(2)11(21)20-10-5-8(12(14,15)16)4-9(6-10)13(17,18)19/h3-6H,1-2H3,(H,20,21)/b7-3-. The van der Waals surface area contributed by atoms with Crippen LogP contribution in [0.3, 0.4) is 0 Å². The number of allylic oxidation sites excluding steroid dienone is 1. The Bertz CT molecular complexity index is 539. The average Bonchev–Trinajstić information content (AvgIpc) is 2.35. The summed E-state index contributed by atoms with van der Waals surface area (Å²) in [6, 6.07) is 0.907. The van der Waals surface area contributed by atoms with Crippen molar-refractivity contribution in [1.82, 2.24) is 0 Å². The van der Waals surface area contributed by atoms with E-state index in [0.717, 1.165) is 0 Å². The van der Waals surface area contributed by atoms with E-state index in [0.29, 0.717) is 12.1 Å². The van der Waals surface area contributed by atoms with Crippen LogP contribution in [0.5, 0.6) is 0 Å². The number of carbonyl (C=O) groups is 1. The quantitative estimate of drug-likeness (QED) is 0.626. The van der Waals surface area contributed by atoms with Crippen LogP contribution in [-0.2, 0) is 17.1 Å². The van der Waals surface area contributed by atoms with Crippen molar-refractivity contribution in [3.8, 4) is 0 Å². The van der Waals surface area contributed by atoms with Gasteiger partial charge >= 0.3 is 12.4 Å². The molecule has 2 nitrogen and oxygen atoms in total. The summed E-state index contributed by atoms with van der Waals surface area (Å²) >= 11 is 0. The van der Waals surface area contributed by atoms with Crippen LogP contribution >= 0.6 is 0 Å². The molecule has 0 atom stereocenters. The summed E-state index contributed by atoms with van der Waals surface area (Å²) in [6.45, 7) is 2.90. The van der Waals surface area contributed by atoms with Crippen LogP contribution in [0.25, 0.3) is 0 Å². The predicted molar refractivity (Wildman–Crippen MR) is 64.5 cm³/mol. The van der Waals surface area contributed by atoms with Gasteiger partial charge in [-0.15, -0.1) is 0 Å². The fourth-order valence-corrected chi connectivity index (χ4v) is 1.39. The molecule has 1 N–H and O–H groups in total. The summed E-state index contributed by atoms with van der Waals surface area (Å²) in [5, 5.41) is 2.01. The minimum atomic E-state index is -4.95. The van der Waals surface area contributed by atoms with Gasteiger partial charge in [-0.2, -0.15) is 26.3 Å². The number of rotatable bonds is 2. The van der Waals surface area contributed by atoms with E-state index in [1.54, 1.807) is 0 Å². The zero-order chi connectivity index (χ0) is 16.4. The number of nitrogens with one attached hydrogen (secondary N) is 1. The van der Waals surface area contributed by atoms with E-state index in [1.165, 1.54) is 19.9 Å². The average molecular weight is 311 g/mol. The van der Waals surface area contributed by atoms with E-state index in [2.05, 4.69) is 0 Å². The molecule has 1 aromatic carbocycles. The van der Waals surface area contributed by atoms with Gasteiger partial charge in [-0.3, -0.25) is 4.79 Å². The van der Waals surface area contributed by atoms with Crippen molar-refractivity contribution < 1.29 is 31.1 Å². The molecule has 1 aromatic rings. The molecule has 0 saturated carbocycles. The maximum absolute atomic E-state index is 12.6. The van der Waals surface area contributed by atoms with Crippen molar-refractivity contribution in [1.29, 1.82) is 0 Å². The summed E-state index contributed by atoms with van der Waals surface area (Å²) in [7, 11) is 0. The second-order valence-electron chi connectivity index (χ2n) is 4.22. The molecule has 1 rings (SSSR count). The van der Waals surface area contributed by atoms with E-state index in [4.69, 9.17) is 0 Å². The summed E-state index contributed by atoms with van der Waals surface area (Å²) < 4.78 is 75.6. The molecule has 0 bridgehead atoms. The van der Waals surface area contributed by atoms with Crippen LogP contribution in [0.4, 0.5) is 32.0 Å². The maximum Gasteiger partial charge on any atom is 0.416 e. The zero-order valence-corrected chi connectivity index (χ0v) is 11.0. The number of alkyl halides is 6. The van der Waals surface area contributed by atoms with Crippen molar-refractivity contribution >= 4 is 11.6 Å². The molecular weight excluding hydrogens is 300 g/mol. The van der Waals surface area contributed by atoms with Gasteiger partial charge < -0.3 is 5.32 Å². The van der Waals surface area contributed by atoms with Gasteiger partial charge in [0.1, 0.15) is 0 Å². The molecule has 0 radical (unpaired) electrons. The number of anilines is 1. The SMILES string of the molecule is C/C=C(/C)C(=O)Nc1cc(C(F)(F)F)cc(C(F)(F)F)c1. The summed E-state index contributed by atoms with van der Waals surface area (Å²) in [4.78, 5) is 11.5. The molecule has 0 heterocycles. The Morgan fingerprint density at radius 1 is 1.00 bits per heavy atom. The van der Waals surface area contributed by atoms with Crippen LogP contribution in [0, 0.1) is 0 Å². The first-order valence-electron chi connectivity index (χ1n) is 5.69. The Kier molecular flexibility index (Phi) is 4.70. The van der Waals surface area contributed by atoms with Crippen LogP contribution in [0.2, 0.25) is 0 Å². The molecule has 0 saturated heterocycles. The topological polar surface area (TPSA) is 29.1 Å². The molecule has 0 spiro atoms. The van der Waals surface area contributed by atoms with Gasteiger partial charge in [-0.05, 0) is 32.0 Å².